The van der Waals surface area contributed by atoms with Crippen LogP contribution in [-0.2, 0) is 16.9 Å². The Morgan fingerprint density at radius 2 is 2.00 bits per heavy atom. The maximum absolute atomic E-state index is 13.2. The Hall–Kier alpha value is -1.71. The molecule has 1 amide bonds. The fraction of sp³-hybridized carbons (Fsp3) is 0.412. The number of hydrogen-bond donors (Lipinski definition) is 1. The molecule has 2 aromatic rings. The Morgan fingerprint density at radius 1 is 1.36 bits per heavy atom. The average Bonchev–Trinajstić information content (AvgIpc) is 2.80. The number of nitrogens with zero attached hydrogens (tertiary/aromatic N) is 2. The van der Waals surface area contributed by atoms with Crippen molar-refractivity contribution in [3.05, 3.63) is 40.4 Å². The lowest BCUT2D eigenvalue weighted by Gasteiger charge is -2.44. The summed E-state index contributed by atoms with van der Waals surface area (Å²) in [5.74, 6) is -3.96. The molecule has 1 N–H and O–H groups in total. The van der Waals surface area contributed by atoms with Crippen LogP contribution in [0.4, 0.5) is 14.5 Å². The number of alkyl halides is 2. The number of hydrogen-bond acceptors (Lipinski definition) is 4. The molecule has 0 unspecified atom stereocenters. The van der Waals surface area contributed by atoms with Crippen molar-refractivity contribution in [3.8, 4) is 0 Å². The third kappa shape index (κ3) is 4.16. The molecule has 0 aromatic carbocycles. The molecule has 0 spiro atoms. The van der Waals surface area contributed by atoms with Crippen molar-refractivity contribution in [1.29, 1.82) is 0 Å². The number of carbonyl (C=O) groups excluding carboxylic acids is 1. The third-order valence-corrected chi connectivity index (χ3v) is 7.29. The fourth-order valence-corrected chi connectivity index (χ4v) is 6.31. The largest absolute Gasteiger partial charge is 0.344 e. The molecule has 1 aliphatic carbocycles. The Bertz CT molecular complexity index is 1050. The first kappa shape index (κ1) is 21.0. The van der Waals surface area contributed by atoms with Gasteiger partial charge in [0.15, 0.2) is 9.84 Å². The van der Waals surface area contributed by atoms with Crippen LogP contribution in [-0.4, -0.2) is 35.6 Å². The van der Waals surface area contributed by atoms with Crippen LogP contribution in [0.25, 0.3) is 0 Å². The summed E-state index contributed by atoms with van der Waals surface area (Å²) in [6.07, 6.45) is 1.61. The molecule has 152 valence electrons. The first-order valence-electron chi connectivity index (χ1n) is 8.20. The highest BCUT2D eigenvalue weighted by Gasteiger charge is 2.55. The molecule has 1 saturated carbocycles. The smallest absolute Gasteiger partial charge is 0.273 e. The van der Waals surface area contributed by atoms with E-state index in [1.807, 2.05) is 0 Å². The second kappa shape index (κ2) is 6.96. The Balaban J connectivity index is 1.86. The van der Waals surface area contributed by atoms with E-state index in [9.17, 15) is 22.0 Å². The van der Waals surface area contributed by atoms with Gasteiger partial charge in [-0.1, -0.05) is 30.1 Å². The summed E-state index contributed by atoms with van der Waals surface area (Å²) in [4.78, 5) is 16.1. The lowest BCUT2D eigenvalue weighted by Crippen LogP contribution is -2.47. The molecular weight excluding hydrogens is 435 g/mol. The van der Waals surface area contributed by atoms with Crippen LogP contribution in [0.2, 0.25) is 10.2 Å². The zero-order valence-electron chi connectivity index (χ0n) is 15.0. The number of carbonyl (C=O) groups is 1. The van der Waals surface area contributed by atoms with Gasteiger partial charge in [-0.3, -0.25) is 4.79 Å². The lowest BCUT2D eigenvalue weighted by molar-refractivity contribution is -0.144. The quantitative estimate of drug-likeness (QED) is 0.690. The minimum Gasteiger partial charge on any atom is -0.344 e. The van der Waals surface area contributed by atoms with Crippen molar-refractivity contribution in [1.82, 2.24) is 9.55 Å². The van der Waals surface area contributed by atoms with Gasteiger partial charge in [-0.15, -0.1) is 0 Å². The van der Waals surface area contributed by atoms with Gasteiger partial charge in [0.25, 0.3) is 5.91 Å². The summed E-state index contributed by atoms with van der Waals surface area (Å²) >= 11 is 12.0. The third-order valence-electron chi connectivity index (χ3n) is 4.53. The van der Waals surface area contributed by atoms with Crippen molar-refractivity contribution in [2.45, 2.75) is 30.6 Å². The Morgan fingerprint density at radius 3 is 2.57 bits per heavy atom. The molecule has 0 radical (unpaired) electrons. The van der Waals surface area contributed by atoms with E-state index in [1.165, 1.54) is 43.1 Å². The maximum Gasteiger partial charge on any atom is 0.273 e. The highest BCUT2D eigenvalue weighted by molar-refractivity contribution is 7.91. The molecule has 0 atom stereocenters. The second-order valence-corrected chi connectivity index (χ2v) is 10.1. The van der Waals surface area contributed by atoms with Crippen LogP contribution in [0.15, 0.2) is 29.4 Å². The van der Waals surface area contributed by atoms with Gasteiger partial charge in [0.2, 0.25) is 5.92 Å². The van der Waals surface area contributed by atoms with E-state index < -0.39 is 45.7 Å². The molecule has 0 aliphatic heterocycles. The molecule has 0 saturated heterocycles. The van der Waals surface area contributed by atoms with Crippen molar-refractivity contribution in [2.75, 3.05) is 11.1 Å². The number of aromatic nitrogens is 2. The number of aryl methyl sites for hydroxylation is 1. The van der Waals surface area contributed by atoms with Crippen LogP contribution in [0, 0.1) is 5.41 Å². The molecule has 6 nitrogen and oxygen atoms in total. The second-order valence-electron chi connectivity index (χ2n) is 7.37. The summed E-state index contributed by atoms with van der Waals surface area (Å²) in [6, 6.07) is 2.93. The molecule has 11 heteroatoms. The van der Waals surface area contributed by atoms with E-state index in [-0.39, 0.29) is 20.8 Å². The molecule has 1 fully saturated rings. The normalized spacial score (nSPS) is 17.8. The van der Waals surface area contributed by atoms with E-state index in [2.05, 4.69) is 10.3 Å². The zero-order valence-corrected chi connectivity index (χ0v) is 17.3. The van der Waals surface area contributed by atoms with Gasteiger partial charge in [-0.05, 0) is 17.5 Å². The lowest BCUT2D eigenvalue weighted by atomic mass is 9.69. The first-order chi connectivity index (χ1) is 12.8. The molecular formula is C17H17Cl2F2N3O3S. The minimum absolute atomic E-state index is 0.0720. The highest BCUT2D eigenvalue weighted by atomic mass is 35.5. The molecule has 1 aliphatic rings. The molecule has 3 rings (SSSR count). The van der Waals surface area contributed by atoms with E-state index in [0.717, 1.165) is 0 Å². The number of nitrogens with one attached hydrogen (secondary N) is 1. The van der Waals surface area contributed by atoms with Gasteiger partial charge in [-0.2, -0.15) is 0 Å². The van der Waals surface area contributed by atoms with Crippen LogP contribution in [0.3, 0.4) is 0 Å². The Kier molecular flexibility index (Phi) is 5.23. The van der Waals surface area contributed by atoms with Gasteiger partial charge in [0, 0.05) is 38.0 Å². The SMILES string of the molecule is Cn1cc(S(=O)(=O)CC2(C)CC(F)(F)C2)c(Cl)c1C(=O)Nc1ccnc(Cl)c1. The van der Waals surface area contributed by atoms with Crippen molar-refractivity contribution < 1.29 is 22.0 Å². The van der Waals surface area contributed by atoms with Gasteiger partial charge < -0.3 is 9.88 Å². The van der Waals surface area contributed by atoms with Gasteiger partial charge in [-0.25, -0.2) is 22.2 Å². The number of anilines is 1. The summed E-state index contributed by atoms with van der Waals surface area (Å²) in [6.45, 7) is 1.50. The van der Waals surface area contributed by atoms with E-state index in [0.29, 0.717) is 5.69 Å². The van der Waals surface area contributed by atoms with Crippen molar-refractivity contribution >= 4 is 44.6 Å². The average molecular weight is 452 g/mol. The Labute approximate surface area is 170 Å². The first-order valence-corrected chi connectivity index (χ1v) is 10.6. The van der Waals surface area contributed by atoms with Gasteiger partial charge >= 0.3 is 0 Å². The highest BCUT2D eigenvalue weighted by Crippen LogP contribution is 2.53. The number of halogens is 4. The number of amides is 1. The number of rotatable bonds is 5. The topological polar surface area (TPSA) is 81.1 Å². The summed E-state index contributed by atoms with van der Waals surface area (Å²) in [5, 5.41) is 2.48. The fourth-order valence-electron chi connectivity index (χ4n) is 3.55. The molecule has 2 aromatic heterocycles. The van der Waals surface area contributed by atoms with E-state index >= 15 is 0 Å². The zero-order chi connectivity index (χ0) is 20.9. The number of sulfone groups is 1. The van der Waals surface area contributed by atoms with E-state index in [4.69, 9.17) is 23.2 Å². The van der Waals surface area contributed by atoms with Gasteiger partial charge in [0.05, 0.1) is 10.8 Å². The molecule has 28 heavy (non-hydrogen) atoms. The minimum atomic E-state index is -3.97. The predicted molar refractivity (Wildman–Crippen MR) is 102 cm³/mol. The summed E-state index contributed by atoms with van der Waals surface area (Å²) in [7, 11) is -2.50. The summed E-state index contributed by atoms with van der Waals surface area (Å²) < 4.78 is 53.2. The van der Waals surface area contributed by atoms with Crippen LogP contribution >= 0.6 is 23.2 Å². The monoisotopic (exact) mass is 451 g/mol. The number of pyridine rings is 1. The van der Waals surface area contributed by atoms with Crippen molar-refractivity contribution in [2.24, 2.45) is 12.5 Å². The van der Waals surface area contributed by atoms with Gasteiger partial charge in [0.1, 0.15) is 15.7 Å². The summed E-state index contributed by atoms with van der Waals surface area (Å²) in [5.41, 5.74) is -0.745. The standard InChI is InChI=1S/C17H17Cl2F2N3O3S/c1-16(7-17(20,21)8-16)9-28(26,27)11-6-24(2)14(13(11)19)15(25)23-10-3-4-22-12(18)5-10/h3-6H,7-9H2,1-2H3,(H,22,23,25). The molecule has 0 bridgehead atoms. The predicted octanol–water partition coefficient (Wildman–Crippen LogP) is 4.19. The maximum atomic E-state index is 13.2. The molecule has 2 heterocycles. The van der Waals surface area contributed by atoms with Crippen LogP contribution < -0.4 is 5.32 Å². The van der Waals surface area contributed by atoms with Crippen LogP contribution in [0.5, 0.6) is 0 Å². The van der Waals surface area contributed by atoms with Crippen LogP contribution in [0.1, 0.15) is 30.3 Å². The van der Waals surface area contributed by atoms with Crippen molar-refractivity contribution in [3.63, 3.8) is 0 Å². The van der Waals surface area contributed by atoms with E-state index in [1.54, 1.807) is 0 Å².